The number of fused-ring (bicyclic) bond motifs is 2. The van der Waals surface area contributed by atoms with Crippen LogP contribution in [0.3, 0.4) is 0 Å². The minimum atomic E-state index is -0.492. The van der Waals surface area contributed by atoms with Gasteiger partial charge >= 0.3 is 5.63 Å². The first kappa shape index (κ1) is 12.5. The largest absolute Gasteiger partial charge is 0.454 e. The van der Waals surface area contributed by atoms with Gasteiger partial charge < -0.3 is 13.9 Å². The molecule has 0 atom stereocenters. The van der Waals surface area contributed by atoms with Gasteiger partial charge in [0.25, 0.3) is 0 Å². The summed E-state index contributed by atoms with van der Waals surface area (Å²) < 4.78 is 15.9. The molecular formula is C17H9NO4. The monoisotopic (exact) mass is 291 g/mol. The molecule has 0 saturated heterocycles. The van der Waals surface area contributed by atoms with Crippen LogP contribution in [-0.4, -0.2) is 6.79 Å². The summed E-state index contributed by atoms with van der Waals surface area (Å²) >= 11 is 0. The minimum absolute atomic E-state index is 0.177. The fourth-order valence-corrected chi connectivity index (χ4v) is 2.50. The smallest absolute Gasteiger partial charge is 0.344 e. The van der Waals surface area contributed by atoms with Crippen molar-refractivity contribution >= 4 is 11.0 Å². The average Bonchev–Trinajstić information content (AvgIpc) is 3.01. The van der Waals surface area contributed by atoms with Crippen molar-refractivity contribution < 1.29 is 13.9 Å². The van der Waals surface area contributed by atoms with Crippen LogP contribution in [0.15, 0.2) is 51.7 Å². The maximum atomic E-state index is 12.3. The van der Waals surface area contributed by atoms with E-state index in [4.69, 9.17) is 19.2 Å². The molecule has 106 valence electrons. The molecule has 0 unspecified atom stereocenters. The van der Waals surface area contributed by atoms with Gasteiger partial charge in [0.05, 0.1) is 11.1 Å². The quantitative estimate of drug-likeness (QED) is 0.644. The summed E-state index contributed by atoms with van der Waals surface area (Å²) in [7, 11) is 0. The third-order valence-corrected chi connectivity index (χ3v) is 3.56. The van der Waals surface area contributed by atoms with Crippen molar-refractivity contribution in [2.75, 3.05) is 6.79 Å². The van der Waals surface area contributed by atoms with Crippen LogP contribution in [0.25, 0.3) is 22.1 Å². The highest BCUT2D eigenvalue weighted by Crippen LogP contribution is 2.35. The van der Waals surface area contributed by atoms with Gasteiger partial charge in [0, 0.05) is 5.39 Å². The van der Waals surface area contributed by atoms with Gasteiger partial charge in [-0.05, 0) is 29.8 Å². The lowest BCUT2D eigenvalue weighted by Crippen LogP contribution is -2.03. The number of ether oxygens (including phenoxy) is 2. The average molecular weight is 291 g/mol. The summed E-state index contributed by atoms with van der Waals surface area (Å²) in [4.78, 5) is 12.3. The molecule has 1 aromatic heterocycles. The number of hydrogen-bond acceptors (Lipinski definition) is 5. The van der Waals surface area contributed by atoms with Gasteiger partial charge in [0.1, 0.15) is 6.07 Å². The molecule has 4 rings (SSSR count). The Morgan fingerprint density at radius 1 is 1.05 bits per heavy atom. The van der Waals surface area contributed by atoms with E-state index < -0.39 is 5.63 Å². The van der Waals surface area contributed by atoms with Gasteiger partial charge in [-0.2, -0.15) is 5.26 Å². The third-order valence-electron chi connectivity index (χ3n) is 3.56. The van der Waals surface area contributed by atoms with E-state index in [9.17, 15) is 4.79 Å². The minimum Gasteiger partial charge on any atom is -0.454 e. The van der Waals surface area contributed by atoms with Gasteiger partial charge in [0.15, 0.2) is 17.1 Å². The predicted octanol–water partition coefficient (Wildman–Crippen LogP) is 3.06. The Kier molecular flexibility index (Phi) is 2.63. The van der Waals surface area contributed by atoms with Crippen molar-refractivity contribution in [3.8, 4) is 28.7 Å². The van der Waals surface area contributed by atoms with E-state index >= 15 is 0 Å². The Labute approximate surface area is 124 Å². The molecular weight excluding hydrogens is 282 g/mol. The summed E-state index contributed by atoms with van der Waals surface area (Å²) in [5, 5.41) is 9.78. The molecule has 22 heavy (non-hydrogen) atoms. The van der Waals surface area contributed by atoms with Crippen LogP contribution >= 0.6 is 0 Å². The molecule has 0 spiro atoms. The van der Waals surface area contributed by atoms with Crippen LogP contribution in [0.4, 0.5) is 0 Å². The highest BCUT2D eigenvalue weighted by atomic mass is 16.7. The zero-order valence-corrected chi connectivity index (χ0v) is 11.3. The standard InChI is InChI=1S/C17H9NO4/c18-8-12-3-1-2-11-6-13(17(19)22-16(11)12)10-4-5-14-15(7-10)21-9-20-14/h1-7H,9H2. The van der Waals surface area contributed by atoms with Crippen LogP contribution in [-0.2, 0) is 0 Å². The van der Waals surface area contributed by atoms with Crippen LogP contribution in [0.5, 0.6) is 11.5 Å². The fraction of sp³-hybridized carbons (Fsp3) is 0.0588. The molecule has 2 aromatic carbocycles. The second-order valence-corrected chi connectivity index (χ2v) is 4.85. The molecule has 5 nitrogen and oxygen atoms in total. The molecule has 0 amide bonds. The maximum absolute atomic E-state index is 12.3. The lowest BCUT2D eigenvalue weighted by Gasteiger charge is -2.04. The van der Waals surface area contributed by atoms with Crippen LogP contribution in [0.1, 0.15) is 5.56 Å². The number of benzene rings is 2. The number of nitrogens with zero attached hydrogens (tertiary/aromatic N) is 1. The number of para-hydroxylation sites is 1. The first-order valence-electron chi connectivity index (χ1n) is 6.63. The Hall–Kier alpha value is -3.26. The highest BCUT2D eigenvalue weighted by molar-refractivity contribution is 5.86. The summed E-state index contributed by atoms with van der Waals surface area (Å²) in [6.45, 7) is 0.177. The second-order valence-electron chi connectivity index (χ2n) is 4.85. The molecule has 5 heteroatoms. The van der Waals surface area contributed by atoms with Crippen molar-refractivity contribution in [3.05, 3.63) is 58.4 Å². The first-order chi connectivity index (χ1) is 10.8. The second kappa shape index (κ2) is 4.64. The van der Waals surface area contributed by atoms with Crippen molar-refractivity contribution in [2.24, 2.45) is 0 Å². The van der Waals surface area contributed by atoms with Gasteiger partial charge in [0.2, 0.25) is 6.79 Å². The van der Waals surface area contributed by atoms with Crippen LogP contribution in [0.2, 0.25) is 0 Å². The van der Waals surface area contributed by atoms with E-state index in [2.05, 4.69) is 0 Å². The third kappa shape index (κ3) is 1.82. The van der Waals surface area contributed by atoms with Crippen LogP contribution in [0, 0.1) is 11.3 Å². The zero-order valence-electron chi connectivity index (χ0n) is 11.3. The van der Waals surface area contributed by atoms with Gasteiger partial charge in [-0.15, -0.1) is 0 Å². The zero-order chi connectivity index (χ0) is 15.1. The molecule has 0 N–H and O–H groups in total. The molecule has 2 heterocycles. The topological polar surface area (TPSA) is 72.5 Å². The first-order valence-corrected chi connectivity index (χ1v) is 6.63. The van der Waals surface area contributed by atoms with E-state index in [1.54, 1.807) is 42.5 Å². The Balaban J connectivity index is 1.95. The van der Waals surface area contributed by atoms with Gasteiger partial charge in [-0.3, -0.25) is 0 Å². The highest BCUT2D eigenvalue weighted by Gasteiger charge is 2.16. The predicted molar refractivity (Wildman–Crippen MR) is 78.8 cm³/mol. The molecule has 0 saturated carbocycles. The van der Waals surface area contributed by atoms with Gasteiger partial charge in [-0.1, -0.05) is 18.2 Å². The molecule has 1 aliphatic heterocycles. The van der Waals surface area contributed by atoms with E-state index in [0.717, 1.165) is 0 Å². The molecule has 0 radical (unpaired) electrons. The fourth-order valence-electron chi connectivity index (χ4n) is 2.50. The van der Waals surface area contributed by atoms with Gasteiger partial charge in [-0.25, -0.2) is 4.79 Å². The maximum Gasteiger partial charge on any atom is 0.344 e. The number of nitriles is 1. The van der Waals surface area contributed by atoms with Crippen molar-refractivity contribution in [1.29, 1.82) is 5.26 Å². The van der Waals surface area contributed by atoms with Crippen molar-refractivity contribution in [1.82, 2.24) is 0 Å². The SMILES string of the molecule is N#Cc1cccc2cc(-c3ccc4c(c3)OCO4)c(=O)oc12. The van der Waals surface area contributed by atoms with Crippen molar-refractivity contribution in [3.63, 3.8) is 0 Å². The number of hydrogen-bond donors (Lipinski definition) is 0. The van der Waals surface area contributed by atoms with E-state index in [1.165, 1.54) is 0 Å². The Morgan fingerprint density at radius 3 is 2.77 bits per heavy atom. The summed E-state index contributed by atoms with van der Waals surface area (Å²) in [6.07, 6.45) is 0. The molecule has 3 aromatic rings. The molecule has 0 bridgehead atoms. The molecule has 0 aliphatic carbocycles. The number of rotatable bonds is 1. The summed E-state index contributed by atoms with van der Waals surface area (Å²) in [5.41, 5.74) is 1.25. The normalized spacial score (nSPS) is 12.3. The molecule has 1 aliphatic rings. The molecule has 0 fully saturated rings. The van der Waals surface area contributed by atoms with Crippen LogP contribution < -0.4 is 15.1 Å². The van der Waals surface area contributed by atoms with Crippen molar-refractivity contribution in [2.45, 2.75) is 0 Å². The summed E-state index contributed by atoms with van der Waals surface area (Å²) in [6, 6.07) is 14.2. The van der Waals surface area contributed by atoms with E-state index in [0.29, 0.717) is 39.2 Å². The lowest BCUT2D eigenvalue weighted by molar-refractivity contribution is 0.174. The lowest BCUT2D eigenvalue weighted by atomic mass is 10.0. The van der Waals surface area contributed by atoms with E-state index in [1.807, 2.05) is 6.07 Å². The Bertz CT molecular complexity index is 998. The van der Waals surface area contributed by atoms with E-state index in [-0.39, 0.29) is 6.79 Å². The summed E-state index contributed by atoms with van der Waals surface area (Å²) in [5.74, 6) is 1.25. The Morgan fingerprint density at radius 2 is 1.91 bits per heavy atom.